The number of anilines is 1. The van der Waals surface area contributed by atoms with Crippen LogP contribution in [0.3, 0.4) is 0 Å². The second kappa shape index (κ2) is 16.7. The lowest BCUT2D eigenvalue weighted by Gasteiger charge is -2.17. The molecule has 1 aliphatic heterocycles. The van der Waals surface area contributed by atoms with Crippen LogP contribution in [0.1, 0.15) is 89.5 Å². The second-order valence-electron chi connectivity index (χ2n) is 8.84. The molecule has 6 nitrogen and oxygen atoms in total. The van der Waals surface area contributed by atoms with Gasteiger partial charge in [0.15, 0.2) is 5.78 Å². The number of rotatable bonds is 18. The fourth-order valence-corrected chi connectivity index (χ4v) is 4.24. The van der Waals surface area contributed by atoms with Crippen LogP contribution in [0.25, 0.3) is 0 Å². The van der Waals surface area contributed by atoms with Crippen molar-refractivity contribution in [2.45, 2.75) is 90.6 Å². The van der Waals surface area contributed by atoms with E-state index in [0.29, 0.717) is 17.3 Å². The number of nitrogens with zero attached hydrogens (tertiary/aromatic N) is 1. The molecule has 0 aliphatic carbocycles. The van der Waals surface area contributed by atoms with Crippen molar-refractivity contribution >= 4 is 29.0 Å². The van der Waals surface area contributed by atoms with Gasteiger partial charge in [-0.25, -0.2) is 9.78 Å². The van der Waals surface area contributed by atoms with Crippen molar-refractivity contribution in [3.8, 4) is 0 Å². The minimum atomic E-state index is -0.421. The van der Waals surface area contributed by atoms with Gasteiger partial charge >= 0.3 is 0 Å². The van der Waals surface area contributed by atoms with Crippen LogP contribution in [-0.2, 0) is 30.7 Å². The highest BCUT2D eigenvalue weighted by Gasteiger charge is 2.36. The third-order valence-electron chi connectivity index (χ3n) is 6.00. The highest BCUT2D eigenvalue weighted by Crippen LogP contribution is 2.31. The highest BCUT2D eigenvalue weighted by molar-refractivity contribution is 6.37. The van der Waals surface area contributed by atoms with Gasteiger partial charge < -0.3 is 4.74 Å². The molecule has 2 rings (SSSR count). The molecule has 1 heterocycles. The third kappa shape index (κ3) is 9.77. The molecule has 0 radical (unpaired) electrons. The van der Waals surface area contributed by atoms with E-state index in [1.165, 1.54) is 82.5 Å². The lowest BCUT2D eigenvalue weighted by Crippen LogP contribution is -2.25. The number of benzene rings is 1. The largest absolute Gasteiger partial charge is 0.503 e. The Morgan fingerprint density at radius 3 is 2.15 bits per heavy atom. The second-order valence-corrected chi connectivity index (χ2v) is 9.25. The number of ether oxygens (including phenoxy) is 1. The number of carbonyl (C=O) groups is 2. The van der Waals surface area contributed by atoms with E-state index in [-0.39, 0.29) is 24.5 Å². The fourth-order valence-electron chi connectivity index (χ4n) is 4.02. The van der Waals surface area contributed by atoms with Crippen molar-refractivity contribution in [2.75, 3.05) is 25.2 Å². The van der Waals surface area contributed by atoms with E-state index < -0.39 is 5.91 Å². The number of methoxy groups -OCH3 is 1. The van der Waals surface area contributed by atoms with Gasteiger partial charge in [0.25, 0.3) is 5.91 Å². The van der Waals surface area contributed by atoms with Gasteiger partial charge in [-0.1, -0.05) is 95.2 Å². The molecule has 0 aromatic heterocycles. The molecule has 1 aliphatic rings. The van der Waals surface area contributed by atoms with Crippen LogP contribution in [0.15, 0.2) is 30.0 Å². The first kappa shape index (κ1) is 28.3. The van der Waals surface area contributed by atoms with Gasteiger partial charge in [0, 0.05) is 0 Å². The molecule has 0 atom stereocenters. The van der Waals surface area contributed by atoms with E-state index in [1.807, 2.05) is 6.07 Å². The fraction of sp³-hybridized carbons (Fsp3) is 0.630. The Balaban J connectivity index is 1.58. The molecule has 34 heavy (non-hydrogen) atoms. The van der Waals surface area contributed by atoms with Gasteiger partial charge in [-0.05, 0) is 24.1 Å². The SMILES string of the molecule is CCCCCCCCCCCCCCOOCc1ccc(Cl)c(N2CC(=O)/C(=C/OC)C2=O)c1. The smallest absolute Gasteiger partial charge is 0.265 e. The zero-order valence-electron chi connectivity index (χ0n) is 20.8. The van der Waals surface area contributed by atoms with Crippen LogP contribution in [-0.4, -0.2) is 32.0 Å². The number of hydrogen-bond donors (Lipinski definition) is 0. The van der Waals surface area contributed by atoms with Crippen molar-refractivity contribution in [1.82, 2.24) is 0 Å². The van der Waals surface area contributed by atoms with E-state index in [4.69, 9.17) is 26.1 Å². The first-order valence-corrected chi connectivity index (χ1v) is 13.1. The maximum atomic E-state index is 12.5. The zero-order chi connectivity index (χ0) is 24.6. The predicted octanol–water partition coefficient (Wildman–Crippen LogP) is 6.94. The van der Waals surface area contributed by atoms with Gasteiger partial charge in [-0.2, -0.15) is 0 Å². The summed E-state index contributed by atoms with van der Waals surface area (Å²) in [4.78, 5) is 36.6. The summed E-state index contributed by atoms with van der Waals surface area (Å²) in [6, 6.07) is 5.25. The maximum Gasteiger partial charge on any atom is 0.265 e. The average Bonchev–Trinajstić information content (AvgIpc) is 3.11. The van der Waals surface area contributed by atoms with Crippen molar-refractivity contribution < 1.29 is 24.1 Å². The number of carbonyl (C=O) groups excluding carboxylic acids is 2. The molecule has 1 aromatic rings. The summed E-state index contributed by atoms with van der Waals surface area (Å²) >= 11 is 6.28. The van der Waals surface area contributed by atoms with Gasteiger partial charge in [-0.15, -0.1) is 0 Å². The minimum absolute atomic E-state index is 0.0194. The van der Waals surface area contributed by atoms with Crippen LogP contribution in [0.4, 0.5) is 5.69 Å². The average molecular weight is 494 g/mol. The quantitative estimate of drug-likeness (QED) is 0.0553. The van der Waals surface area contributed by atoms with Gasteiger partial charge in [-0.3, -0.25) is 14.5 Å². The Bertz CT molecular complexity index is 795. The highest BCUT2D eigenvalue weighted by atomic mass is 35.5. The summed E-state index contributed by atoms with van der Waals surface area (Å²) in [7, 11) is 1.40. The molecule has 0 saturated carbocycles. The van der Waals surface area contributed by atoms with E-state index in [9.17, 15) is 9.59 Å². The lowest BCUT2D eigenvalue weighted by molar-refractivity contribution is -0.304. The van der Waals surface area contributed by atoms with E-state index in [1.54, 1.807) is 12.1 Å². The number of amides is 1. The van der Waals surface area contributed by atoms with Crippen LogP contribution >= 0.6 is 11.6 Å². The van der Waals surface area contributed by atoms with Crippen LogP contribution < -0.4 is 4.90 Å². The molecule has 0 bridgehead atoms. The zero-order valence-corrected chi connectivity index (χ0v) is 21.5. The lowest BCUT2D eigenvalue weighted by atomic mass is 10.1. The van der Waals surface area contributed by atoms with Crippen molar-refractivity contribution in [2.24, 2.45) is 0 Å². The van der Waals surface area contributed by atoms with E-state index >= 15 is 0 Å². The van der Waals surface area contributed by atoms with Crippen molar-refractivity contribution in [1.29, 1.82) is 0 Å². The number of Topliss-reactive ketones (excluding diaryl/α,β-unsaturated/α-hetero) is 1. The summed E-state index contributed by atoms with van der Waals surface area (Å²) in [5.74, 6) is -0.717. The number of hydrogen-bond acceptors (Lipinski definition) is 5. The topological polar surface area (TPSA) is 65.1 Å². The maximum absolute atomic E-state index is 12.5. The van der Waals surface area contributed by atoms with Crippen LogP contribution in [0.5, 0.6) is 0 Å². The Morgan fingerprint density at radius 1 is 0.912 bits per heavy atom. The normalized spacial score (nSPS) is 15.0. The molecule has 1 aromatic carbocycles. The summed E-state index contributed by atoms with van der Waals surface area (Å²) in [5, 5.41) is 0.390. The van der Waals surface area contributed by atoms with Crippen LogP contribution in [0.2, 0.25) is 5.02 Å². The standard InChI is InChI=1S/C27H40ClNO5/c1-3-4-5-6-7-8-9-10-11-12-13-14-17-33-34-20-22-15-16-24(28)25(18-22)29-19-26(30)23(21-32-2)27(29)31/h15-16,18,21H,3-14,17,19-20H2,1-2H3/b23-21-. The Kier molecular flexibility index (Phi) is 13.9. The van der Waals surface area contributed by atoms with E-state index in [2.05, 4.69) is 6.92 Å². The molecule has 190 valence electrons. The molecule has 7 heteroatoms. The molecule has 1 fully saturated rings. The molecule has 0 unspecified atom stereocenters. The van der Waals surface area contributed by atoms with Crippen LogP contribution in [0, 0.1) is 0 Å². The predicted molar refractivity (Wildman–Crippen MR) is 136 cm³/mol. The minimum Gasteiger partial charge on any atom is -0.503 e. The number of halogens is 1. The monoisotopic (exact) mass is 493 g/mol. The third-order valence-corrected chi connectivity index (χ3v) is 6.32. The first-order chi connectivity index (χ1) is 16.6. The Morgan fingerprint density at radius 2 is 1.53 bits per heavy atom. The summed E-state index contributed by atoms with van der Waals surface area (Å²) in [6.45, 7) is 2.99. The van der Waals surface area contributed by atoms with Gasteiger partial charge in [0.2, 0.25) is 0 Å². The molecule has 1 saturated heterocycles. The Labute approximate surface area is 209 Å². The summed E-state index contributed by atoms with van der Waals surface area (Å²) in [6.07, 6.45) is 16.8. The Hall–Kier alpha value is -1.89. The summed E-state index contributed by atoms with van der Waals surface area (Å²) < 4.78 is 4.84. The first-order valence-electron chi connectivity index (χ1n) is 12.7. The van der Waals surface area contributed by atoms with Crippen molar-refractivity contribution in [3.05, 3.63) is 40.6 Å². The number of ketones is 1. The molecular weight excluding hydrogens is 454 g/mol. The molecule has 0 spiro atoms. The molecular formula is C27H40ClNO5. The van der Waals surface area contributed by atoms with Crippen molar-refractivity contribution in [3.63, 3.8) is 0 Å². The summed E-state index contributed by atoms with van der Waals surface area (Å²) in [5.41, 5.74) is 1.30. The molecule has 1 amide bonds. The number of unbranched alkanes of at least 4 members (excludes halogenated alkanes) is 11. The van der Waals surface area contributed by atoms with Gasteiger partial charge in [0.05, 0.1) is 37.2 Å². The molecule has 0 N–H and O–H groups in total. The van der Waals surface area contributed by atoms with Gasteiger partial charge in [0.1, 0.15) is 12.2 Å². The van der Waals surface area contributed by atoms with E-state index in [0.717, 1.165) is 18.4 Å².